The van der Waals surface area contributed by atoms with E-state index in [2.05, 4.69) is 4.74 Å². The first kappa shape index (κ1) is 14.2. The third kappa shape index (κ3) is 4.20. The average Bonchev–Trinajstić information content (AvgIpc) is 2.30. The fourth-order valence-electron chi connectivity index (χ4n) is 1.29. The van der Waals surface area contributed by atoms with Gasteiger partial charge in [-0.15, -0.1) is 0 Å². The molecule has 0 saturated heterocycles. The molecule has 0 aliphatic carbocycles. The molecule has 0 heterocycles. The lowest BCUT2D eigenvalue weighted by Crippen LogP contribution is -2.12. The Kier molecular flexibility index (Phi) is 5.35. The normalized spacial score (nSPS) is 10.4. The number of primary amides is 1. The number of rotatable bonds is 7. The predicted molar refractivity (Wildman–Crippen MR) is 62.0 cm³/mol. The molecule has 0 aliphatic rings. The second kappa shape index (κ2) is 6.78. The van der Waals surface area contributed by atoms with Crippen molar-refractivity contribution in [1.29, 1.82) is 0 Å². The molecule has 18 heavy (non-hydrogen) atoms. The van der Waals surface area contributed by atoms with Crippen molar-refractivity contribution < 1.29 is 23.0 Å². The first-order valence-electron chi connectivity index (χ1n) is 5.56. The minimum absolute atomic E-state index is 0.0973. The van der Waals surface area contributed by atoms with Gasteiger partial charge in [-0.2, -0.15) is 8.78 Å². The summed E-state index contributed by atoms with van der Waals surface area (Å²) in [7, 11) is 0. The van der Waals surface area contributed by atoms with E-state index < -0.39 is 12.5 Å². The van der Waals surface area contributed by atoms with Crippen LogP contribution in [0.5, 0.6) is 11.5 Å². The Morgan fingerprint density at radius 1 is 1.39 bits per heavy atom. The fraction of sp³-hybridized carbons (Fsp3) is 0.417. The summed E-state index contributed by atoms with van der Waals surface area (Å²) in [4.78, 5) is 11.0. The molecule has 100 valence electrons. The van der Waals surface area contributed by atoms with Crippen LogP contribution in [0, 0.1) is 0 Å². The van der Waals surface area contributed by atoms with Gasteiger partial charge >= 0.3 is 6.61 Å². The van der Waals surface area contributed by atoms with Gasteiger partial charge in [0.1, 0.15) is 0 Å². The highest BCUT2D eigenvalue weighted by Gasteiger charge is 2.13. The van der Waals surface area contributed by atoms with Crippen LogP contribution in [0.25, 0.3) is 0 Å². The monoisotopic (exact) mass is 259 g/mol. The van der Waals surface area contributed by atoms with Crippen LogP contribution in [-0.4, -0.2) is 19.1 Å². The molecule has 1 aromatic rings. The van der Waals surface area contributed by atoms with Gasteiger partial charge in [0.15, 0.2) is 11.5 Å². The molecular weight excluding hydrogens is 244 g/mol. The summed E-state index contributed by atoms with van der Waals surface area (Å²) in [5.41, 5.74) is 5.29. The van der Waals surface area contributed by atoms with Crippen molar-refractivity contribution in [3.8, 4) is 11.5 Å². The standard InChI is InChI=1S/C12H15F2NO3/c1-2-3-6-17-10-7-8(11(15)16)4-5-9(10)18-12(13)14/h4-5,7,12H,2-3,6H2,1H3,(H2,15,16). The van der Waals surface area contributed by atoms with E-state index in [0.717, 1.165) is 12.8 Å². The van der Waals surface area contributed by atoms with Gasteiger partial charge in [-0.3, -0.25) is 4.79 Å². The maximum Gasteiger partial charge on any atom is 0.387 e. The van der Waals surface area contributed by atoms with Crippen molar-refractivity contribution in [2.75, 3.05) is 6.61 Å². The van der Waals surface area contributed by atoms with E-state index in [-0.39, 0.29) is 17.1 Å². The molecule has 4 nitrogen and oxygen atoms in total. The van der Waals surface area contributed by atoms with E-state index in [1.165, 1.54) is 18.2 Å². The third-order valence-corrected chi connectivity index (χ3v) is 2.20. The molecule has 0 bridgehead atoms. The van der Waals surface area contributed by atoms with Gasteiger partial charge in [-0.05, 0) is 24.6 Å². The van der Waals surface area contributed by atoms with Crippen molar-refractivity contribution in [3.05, 3.63) is 23.8 Å². The molecule has 0 fully saturated rings. The zero-order valence-electron chi connectivity index (χ0n) is 9.99. The Morgan fingerprint density at radius 3 is 2.67 bits per heavy atom. The summed E-state index contributed by atoms with van der Waals surface area (Å²) in [5, 5.41) is 0. The summed E-state index contributed by atoms with van der Waals surface area (Å²) < 4.78 is 34.0. The number of unbranched alkanes of at least 4 members (excludes halogenated alkanes) is 1. The van der Waals surface area contributed by atoms with Crippen LogP contribution in [0.4, 0.5) is 8.78 Å². The Balaban J connectivity index is 2.90. The van der Waals surface area contributed by atoms with E-state index in [0.29, 0.717) is 6.61 Å². The number of ether oxygens (including phenoxy) is 2. The minimum Gasteiger partial charge on any atom is -0.490 e. The molecule has 0 aromatic heterocycles. The van der Waals surface area contributed by atoms with E-state index in [1.54, 1.807) is 0 Å². The summed E-state index contributed by atoms with van der Waals surface area (Å²) in [5.74, 6) is -0.662. The number of carbonyl (C=O) groups excluding carboxylic acids is 1. The molecule has 1 rings (SSSR count). The lowest BCUT2D eigenvalue weighted by Gasteiger charge is -2.12. The van der Waals surface area contributed by atoms with Crippen LogP contribution in [0.15, 0.2) is 18.2 Å². The fourth-order valence-corrected chi connectivity index (χ4v) is 1.29. The van der Waals surface area contributed by atoms with Crippen molar-refractivity contribution >= 4 is 5.91 Å². The molecule has 2 N–H and O–H groups in total. The van der Waals surface area contributed by atoms with Crippen LogP contribution in [-0.2, 0) is 0 Å². The second-order valence-corrected chi connectivity index (χ2v) is 3.61. The molecule has 0 unspecified atom stereocenters. The van der Waals surface area contributed by atoms with E-state index in [9.17, 15) is 13.6 Å². The Labute approximate surface area is 104 Å². The van der Waals surface area contributed by atoms with E-state index in [4.69, 9.17) is 10.5 Å². The van der Waals surface area contributed by atoms with Gasteiger partial charge in [-0.1, -0.05) is 13.3 Å². The summed E-state index contributed by atoms with van der Waals surface area (Å²) in [6, 6.07) is 3.86. The molecular formula is C12H15F2NO3. The highest BCUT2D eigenvalue weighted by molar-refractivity contribution is 5.93. The van der Waals surface area contributed by atoms with E-state index in [1.807, 2.05) is 6.92 Å². The number of amides is 1. The quantitative estimate of drug-likeness (QED) is 0.765. The molecule has 1 aromatic carbocycles. The predicted octanol–water partition coefficient (Wildman–Crippen LogP) is 2.57. The van der Waals surface area contributed by atoms with Gasteiger partial charge in [0.2, 0.25) is 5.91 Å². The molecule has 0 radical (unpaired) electrons. The second-order valence-electron chi connectivity index (χ2n) is 3.61. The molecule has 0 saturated carbocycles. The van der Waals surface area contributed by atoms with Crippen molar-refractivity contribution in [1.82, 2.24) is 0 Å². The molecule has 0 spiro atoms. The number of halogens is 2. The summed E-state index contributed by atoms with van der Waals surface area (Å²) >= 11 is 0. The van der Waals surface area contributed by atoms with Gasteiger partial charge < -0.3 is 15.2 Å². The number of carbonyl (C=O) groups is 1. The molecule has 1 amide bonds. The average molecular weight is 259 g/mol. The van der Waals surface area contributed by atoms with Crippen LogP contribution >= 0.6 is 0 Å². The minimum atomic E-state index is -2.95. The topological polar surface area (TPSA) is 61.5 Å². The van der Waals surface area contributed by atoms with Crippen LogP contribution in [0.1, 0.15) is 30.1 Å². The van der Waals surface area contributed by atoms with Gasteiger partial charge in [0, 0.05) is 5.56 Å². The van der Waals surface area contributed by atoms with Gasteiger partial charge in [-0.25, -0.2) is 0 Å². The highest BCUT2D eigenvalue weighted by atomic mass is 19.3. The number of benzene rings is 1. The zero-order valence-corrected chi connectivity index (χ0v) is 9.99. The summed E-state index contributed by atoms with van der Waals surface area (Å²) in [6.45, 7) is -0.615. The van der Waals surface area contributed by atoms with Crippen LogP contribution < -0.4 is 15.2 Å². The lowest BCUT2D eigenvalue weighted by molar-refractivity contribution is -0.0515. The van der Waals surface area contributed by atoms with Crippen molar-refractivity contribution in [2.45, 2.75) is 26.4 Å². The lowest BCUT2D eigenvalue weighted by atomic mass is 10.2. The zero-order chi connectivity index (χ0) is 13.5. The Bertz CT molecular complexity index is 410. The highest BCUT2D eigenvalue weighted by Crippen LogP contribution is 2.29. The number of hydrogen-bond donors (Lipinski definition) is 1. The number of hydrogen-bond acceptors (Lipinski definition) is 3. The number of nitrogens with two attached hydrogens (primary N) is 1. The Morgan fingerprint density at radius 2 is 2.11 bits per heavy atom. The van der Waals surface area contributed by atoms with Gasteiger partial charge in [0.25, 0.3) is 0 Å². The first-order valence-corrected chi connectivity index (χ1v) is 5.56. The molecule has 6 heteroatoms. The molecule has 0 aliphatic heterocycles. The first-order chi connectivity index (χ1) is 8.54. The molecule has 0 atom stereocenters. The van der Waals surface area contributed by atoms with Crippen molar-refractivity contribution in [2.24, 2.45) is 5.73 Å². The third-order valence-electron chi connectivity index (χ3n) is 2.20. The number of alkyl halides is 2. The SMILES string of the molecule is CCCCOc1cc(C(N)=O)ccc1OC(F)F. The van der Waals surface area contributed by atoms with Crippen LogP contribution in [0.2, 0.25) is 0 Å². The Hall–Kier alpha value is -1.85. The van der Waals surface area contributed by atoms with Crippen LogP contribution in [0.3, 0.4) is 0 Å². The maximum absolute atomic E-state index is 12.2. The smallest absolute Gasteiger partial charge is 0.387 e. The van der Waals surface area contributed by atoms with Gasteiger partial charge in [0.05, 0.1) is 6.61 Å². The van der Waals surface area contributed by atoms with E-state index >= 15 is 0 Å². The largest absolute Gasteiger partial charge is 0.490 e. The maximum atomic E-state index is 12.2. The van der Waals surface area contributed by atoms with Crippen molar-refractivity contribution in [3.63, 3.8) is 0 Å². The summed E-state index contributed by atoms with van der Waals surface area (Å²) in [6.07, 6.45) is 1.68.